The van der Waals surface area contributed by atoms with Crippen LogP contribution in [0.15, 0.2) is 24.3 Å². The molecule has 1 heterocycles. The van der Waals surface area contributed by atoms with Gasteiger partial charge in [0.15, 0.2) is 0 Å². The third-order valence-electron chi connectivity index (χ3n) is 3.90. The monoisotopic (exact) mass is 263 g/mol. The topological polar surface area (TPSA) is 49.8 Å². The van der Waals surface area contributed by atoms with Crippen molar-refractivity contribution in [3.05, 3.63) is 29.8 Å². The normalized spacial score (nSPS) is 22.6. The Bertz CT molecular complexity index is 430. The van der Waals surface area contributed by atoms with Crippen LogP contribution in [0, 0.1) is 5.92 Å². The van der Waals surface area contributed by atoms with E-state index < -0.39 is 0 Å². The summed E-state index contributed by atoms with van der Waals surface area (Å²) in [6.07, 6.45) is 1.35. The fourth-order valence-corrected chi connectivity index (χ4v) is 2.62. The number of carbonyl (C=O) groups excluding carboxylic acids is 1. The first-order chi connectivity index (χ1) is 9.15. The largest absolute Gasteiger partial charge is 0.497 e. The zero-order valence-electron chi connectivity index (χ0n) is 11.5. The van der Waals surface area contributed by atoms with Gasteiger partial charge in [-0.05, 0) is 30.0 Å². The van der Waals surface area contributed by atoms with E-state index in [-0.39, 0.29) is 18.6 Å². The number of methoxy groups -OCH3 is 1. The quantitative estimate of drug-likeness (QED) is 0.895. The number of amides is 1. The second kappa shape index (κ2) is 6.06. The SMILES string of the molecule is COc1ccc(CC(=O)N2CCC(C)C2CO)cc1. The molecule has 2 atom stereocenters. The second-order valence-corrected chi connectivity index (χ2v) is 5.13. The van der Waals surface area contributed by atoms with Gasteiger partial charge in [0.25, 0.3) is 0 Å². The summed E-state index contributed by atoms with van der Waals surface area (Å²) in [6, 6.07) is 7.51. The summed E-state index contributed by atoms with van der Waals surface area (Å²) in [6.45, 7) is 2.89. The Kier molecular flexibility index (Phi) is 4.43. The molecule has 1 aromatic rings. The summed E-state index contributed by atoms with van der Waals surface area (Å²) < 4.78 is 5.09. The van der Waals surface area contributed by atoms with Crippen LogP contribution in [0.5, 0.6) is 5.75 Å². The molecule has 19 heavy (non-hydrogen) atoms. The molecule has 0 bridgehead atoms. The fourth-order valence-electron chi connectivity index (χ4n) is 2.62. The maximum atomic E-state index is 12.3. The standard InChI is InChI=1S/C15H21NO3/c1-11-7-8-16(14(11)10-17)15(18)9-12-3-5-13(19-2)6-4-12/h3-6,11,14,17H,7-10H2,1-2H3. The molecule has 1 aliphatic rings. The molecular formula is C15H21NO3. The molecule has 1 aliphatic heterocycles. The lowest BCUT2D eigenvalue weighted by atomic mass is 10.0. The molecule has 0 spiro atoms. The van der Waals surface area contributed by atoms with Crippen LogP contribution < -0.4 is 4.74 Å². The highest BCUT2D eigenvalue weighted by Crippen LogP contribution is 2.24. The van der Waals surface area contributed by atoms with Gasteiger partial charge in [-0.1, -0.05) is 19.1 Å². The van der Waals surface area contributed by atoms with E-state index in [4.69, 9.17) is 4.74 Å². The summed E-state index contributed by atoms with van der Waals surface area (Å²) in [5.41, 5.74) is 0.974. The van der Waals surface area contributed by atoms with Gasteiger partial charge in [0.05, 0.1) is 26.2 Å². The van der Waals surface area contributed by atoms with Crippen molar-refractivity contribution < 1.29 is 14.6 Å². The summed E-state index contributed by atoms with van der Waals surface area (Å²) >= 11 is 0. The zero-order valence-corrected chi connectivity index (χ0v) is 11.5. The third kappa shape index (κ3) is 3.07. The first-order valence-corrected chi connectivity index (χ1v) is 6.69. The van der Waals surface area contributed by atoms with Crippen LogP contribution in [0.1, 0.15) is 18.9 Å². The highest BCUT2D eigenvalue weighted by molar-refractivity contribution is 5.79. The maximum absolute atomic E-state index is 12.3. The average Bonchev–Trinajstić information content (AvgIpc) is 2.80. The predicted octanol–water partition coefficient (Wildman–Crippen LogP) is 1.47. The molecule has 0 saturated carbocycles. The van der Waals surface area contributed by atoms with Crippen molar-refractivity contribution >= 4 is 5.91 Å². The molecule has 2 rings (SSSR count). The summed E-state index contributed by atoms with van der Waals surface area (Å²) in [5.74, 6) is 1.26. The van der Waals surface area contributed by atoms with Crippen molar-refractivity contribution in [1.29, 1.82) is 0 Å². The van der Waals surface area contributed by atoms with Crippen molar-refractivity contribution in [2.24, 2.45) is 5.92 Å². The lowest BCUT2D eigenvalue weighted by Crippen LogP contribution is -2.40. The number of hydrogen-bond donors (Lipinski definition) is 1. The lowest BCUT2D eigenvalue weighted by Gasteiger charge is -2.25. The predicted molar refractivity (Wildman–Crippen MR) is 73.1 cm³/mol. The van der Waals surface area contributed by atoms with E-state index in [1.807, 2.05) is 29.2 Å². The van der Waals surface area contributed by atoms with Crippen molar-refractivity contribution in [3.8, 4) is 5.75 Å². The Hall–Kier alpha value is -1.55. The molecule has 4 heteroatoms. The molecule has 1 saturated heterocycles. The van der Waals surface area contributed by atoms with Crippen molar-refractivity contribution in [1.82, 2.24) is 4.90 Å². The van der Waals surface area contributed by atoms with E-state index in [2.05, 4.69) is 6.92 Å². The first-order valence-electron chi connectivity index (χ1n) is 6.69. The Morgan fingerprint density at radius 1 is 1.42 bits per heavy atom. The number of likely N-dealkylation sites (tertiary alicyclic amines) is 1. The average molecular weight is 263 g/mol. The van der Waals surface area contributed by atoms with E-state index in [0.717, 1.165) is 24.3 Å². The molecule has 1 fully saturated rings. The van der Waals surface area contributed by atoms with Crippen LogP contribution in [-0.4, -0.2) is 42.2 Å². The minimum absolute atomic E-state index is 0.0225. The van der Waals surface area contributed by atoms with Crippen molar-refractivity contribution in [3.63, 3.8) is 0 Å². The summed E-state index contributed by atoms with van der Waals surface area (Å²) in [7, 11) is 1.62. The number of aliphatic hydroxyl groups excluding tert-OH is 1. The van der Waals surface area contributed by atoms with Crippen molar-refractivity contribution in [2.45, 2.75) is 25.8 Å². The second-order valence-electron chi connectivity index (χ2n) is 5.13. The number of aliphatic hydroxyl groups is 1. The number of rotatable bonds is 4. The summed E-state index contributed by atoms with van der Waals surface area (Å²) in [4.78, 5) is 14.1. The van der Waals surface area contributed by atoms with Crippen LogP contribution in [0.3, 0.4) is 0 Å². The van der Waals surface area contributed by atoms with Gasteiger partial charge in [-0.25, -0.2) is 0 Å². The van der Waals surface area contributed by atoms with Crippen LogP contribution in [0.2, 0.25) is 0 Å². The number of ether oxygens (including phenoxy) is 1. The van der Waals surface area contributed by atoms with Gasteiger partial charge in [0.1, 0.15) is 5.75 Å². The first kappa shape index (κ1) is 13.9. The summed E-state index contributed by atoms with van der Waals surface area (Å²) in [5, 5.41) is 9.38. The number of nitrogens with zero attached hydrogens (tertiary/aromatic N) is 1. The maximum Gasteiger partial charge on any atom is 0.227 e. The van der Waals surface area contributed by atoms with Gasteiger partial charge in [-0.15, -0.1) is 0 Å². The van der Waals surface area contributed by atoms with E-state index in [9.17, 15) is 9.90 Å². The highest BCUT2D eigenvalue weighted by Gasteiger charge is 2.33. The van der Waals surface area contributed by atoms with E-state index in [1.165, 1.54) is 0 Å². The van der Waals surface area contributed by atoms with Gasteiger partial charge < -0.3 is 14.7 Å². The van der Waals surface area contributed by atoms with Gasteiger partial charge >= 0.3 is 0 Å². The van der Waals surface area contributed by atoms with Crippen LogP contribution in [-0.2, 0) is 11.2 Å². The molecule has 1 amide bonds. The van der Waals surface area contributed by atoms with Gasteiger partial charge in [0.2, 0.25) is 5.91 Å². The molecule has 1 aromatic carbocycles. The number of carbonyl (C=O) groups is 1. The van der Waals surface area contributed by atoms with Gasteiger partial charge in [-0.3, -0.25) is 4.79 Å². The van der Waals surface area contributed by atoms with Crippen LogP contribution >= 0.6 is 0 Å². The fraction of sp³-hybridized carbons (Fsp3) is 0.533. The zero-order chi connectivity index (χ0) is 13.8. The molecule has 1 N–H and O–H groups in total. The Balaban J connectivity index is 2.00. The van der Waals surface area contributed by atoms with Gasteiger partial charge in [-0.2, -0.15) is 0 Å². The molecule has 0 radical (unpaired) electrons. The van der Waals surface area contributed by atoms with Crippen LogP contribution in [0.4, 0.5) is 0 Å². The molecule has 104 valence electrons. The Morgan fingerprint density at radius 2 is 2.11 bits per heavy atom. The van der Waals surface area contributed by atoms with Gasteiger partial charge in [0, 0.05) is 6.54 Å². The van der Waals surface area contributed by atoms with E-state index in [0.29, 0.717) is 12.3 Å². The molecular weight excluding hydrogens is 242 g/mol. The number of hydrogen-bond acceptors (Lipinski definition) is 3. The third-order valence-corrected chi connectivity index (χ3v) is 3.90. The Labute approximate surface area is 114 Å². The smallest absolute Gasteiger partial charge is 0.227 e. The minimum atomic E-state index is -0.0225. The van der Waals surface area contributed by atoms with Crippen LogP contribution in [0.25, 0.3) is 0 Å². The minimum Gasteiger partial charge on any atom is -0.497 e. The van der Waals surface area contributed by atoms with E-state index in [1.54, 1.807) is 7.11 Å². The molecule has 4 nitrogen and oxygen atoms in total. The molecule has 0 aromatic heterocycles. The molecule has 0 aliphatic carbocycles. The lowest BCUT2D eigenvalue weighted by molar-refractivity contribution is -0.132. The Morgan fingerprint density at radius 3 is 2.68 bits per heavy atom. The van der Waals surface area contributed by atoms with Crippen molar-refractivity contribution in [2.75, 3.05) is 20.3 Å². The van der Waals surface area contributed by atoms with E-state index >= 15 is 0 Å². The number of benzene rings is 1. The molecule has 2 unspecified atom stereocenters. The highest BCUT2D eigenvalue weighted by atomic mass is 16.5.